The molecule has 0 radical (unpaired) electrons. The van der Waals surface area contributed by atoms with Gasteiger partial charge in [0, 0.05) is 29.8 Å². The van der Waals surface area contributed by atoms with Crippen LogP contribution in [-0.4, -0.2) is 19.3 Å². The molecule has 0 N–H and O–H groups in total. The van der Waals surface area contributed by atoms with Crippen LogP contribution in [0, 0.1) is 0 Å². The van der Waals surface area contributed by atoms with E-state index in [2.05, 4.69) is 26.0 Å². The van der Waals surface area contributed by atoms with Crippen molar-refractivity contribution in [2.24, 2.45) is 0 Å². The minimum atomic E-state index is -0.00956. The van der Waals surface area contributed by atoms with Crippen LogP contribution in [0.5, 0.6) is 0 Å². The van der Waals surface area contributed by atoms with Crippen LogP contribution in [0.2, 0.25) is 0 Å². The van der Waals surface area contributed by atoms with Gasteiger partial charge in [0.15, 0.2) is 0 Å². The van der Waals surface area contributed by atoms with E-state index < -0.39 is 0 Å². The molecule has 0 saturated heterocycles. The van der Waals surface area contributed by atoms with E-state index in [4.69, 9.17) is 0 Å². The highest BCUT2D eigenvalue weighted by molar-refractivity contribution is 9.10. The van der Waals surface area contributed by atoms with Gasteiger partial charge >= 0.3 is 5.69 Å². The van der Waals surface area contributed by atoms with Gasteiger partial charge in [0.05, 0.1) is 6.54 Å². The quantitative estimate of drug-likeness (QED) is 0.846. The summed E-state index contributed by atoms with van der Waals surface area (Å²) in [7, 11) is 0. The highest BCUT2D eigenvalue weighted by atomic mass is 79.9. The maximum absolute atomic E-state index is 12.1. The second-order valence-corrected chi connectivity index (χ2v) is 5.39. The molecule has 0 unspecified atom stereocenters. The molecule has 3 rings (SSSR count). The molecule has 5 nitrogen and oxygen atoms in total. The van der Waals surface area contributed by atoms with Crippen LogP contribution >= 0.6 is 15.9 Å². The summed E-state index contributed by atoms with van der Waals surface area (Å²) in [4.78, 5) is 16.2. The van der Waals surface area contributed by atoms with Crippen molar-refractivity contribution in [1.29, 1.82) is 0 Å². The Morgan fingerprint density at radius 2 is 2.22 bits per heavy atom. The predicted molar refractivity (Wildman–Crippen MR) is 70.5 cm³/mol. The number of hydrogen-bond acceptors (Lipinski definition) is 3. The van der Waals surface area contributed by atoms with Gasteiger partial charge in [-0.25, -0.2) is 9.48 Å². The average Bonchev–Trinajstić information content (AvgIpc) is 2.67. The number of halogens is 1. The molecule has 1 aliphatic heterocycles. The number of pyridine rings is 1. The van der Waals surface area contributed by atoms with Crippen LogP contribution in [0.3, 0.4) is 0 Å². The Bertz CT molecular complexity index is 631. The van der Waals surface area contributed by atoms with E-state index in [0.29, 0.717) is 6.54 Å². The molecular weight excluding hydrogens is 296 g/mol. The van der Waals surface area contributed by atoms with Crippen molar-refractivity contribution in [2.75, 3.05) is 0 Å². The van der Waals surface area contributed by atoms with Crippen molar-refractivity contribution in [3.8, 4) is 0 Å². The van der Waals surface area contributed by atoms with Gasteiger partial charge in [-0.05, 0) is 40.4 Å². The SMILES string of the molecule is O=c1n(Cc2cncc(Br)c2)nc2n1CCCC2. The average molecular weight is 309 g/mol. The molecule has 1 aliphatic rings. The third-order valence-electron chi connectivity index (χ3n) is 3.13. The van der Waals surface area contributed by atoms with Gasteiger partial charge in [-0.15, -0.1) is 0 Å². The number of fused-ring (bicyclic) bond motifs is 1. The Hall–Kier alpha value is -1.43. The van der Waals surface area contributed by atoms with Crippen LogP contribution in [-0.2, 0) is 19.5 Å². The lowest BCUT2D eigenvalue weighted by atomic mass is 10.2. The van der Waals surface area contributed by atoms with Gasteiger partial charge < -0.3 is 0 Å². The van der Waals surface area contributed by atoms with Gasteiger partial charge in [-0.3, -0.25) is 9.55 Å². The fourth-order valence-corrected chi connectivity index (χ4v) is 2.68. The molecule has 0 spiro atoms. The number of aromatic nitrogens is 4. The Morgan fingerprint density at radius 1 is 1.33 bits per heavy atom. The summed E-state index contributed by atoms with van der Waals surface area (Å²) in [5.41, 5.74) is 0.964. The standard InChI is InChI=1S/C12H13BrN4O/c13-10-5-9(6-14-7-10)8-17-12(18)16-4-2-1-3-11(16)15-17/h5-7H,1-4,8H2. The van der Waals surface area contributed by atoms with E-state index in [1.54, 1.807) is 17.0 Å². The predicted octanol–water partition coefficient (Wildman–Crippen LogP) is 1.59. The lowest BCUT2D eigenvalue weighted by Crippen LogP contribution is -2.27. The number of hydrogen-bond donors (Lipinski definition) is 0. The molecule has 0 amide bonds. The fourth-order valence-electron chi connectivity index (χ4n) is 2.27. The minimum Gasteiger partial charge on any atom is -0.279 e. The highest BCUT2D eigenvalue weighted by Crippen LogP contribution is 2.12. The molecule has 2 aromatic heterocycles. The summed E-state index contributed by atoms with van der Waals surface area (Å²) in [6, 6.07) is 1.96. The van der Waals surface area contributed by atoms with E-state index in [1.165, 1.54) is 4.68 Å². The first-order chi connectivity index (χ1) is 8.74. The first kappa shape index (κ1) is 11.6. The van der Waals surface area contributed by atoms with Crippen LogP contribution < -0.4 is 5.69 Å². The molecule has 0 aromatic carbocycles. The van der Waals surface area contributed by atoms with Gasteiger partial charge in [0.2, 0.25) is 0 Å². The highest BCUT2D eigenvalue weighted by Gasteiger charge is 2.16. The molecule has 2 aromatic rings. The Kier molecular flexibility index (Phi) is 3.03. The van der Waals surface area contributed by atoms with Crippen LogP contribution in [0.4, 0.5) is 0 Å². The third kappa shape index (κ3) is 2.12. The molecule has 0 bridgehead atoms. The number of nitrogens with zero attached hydrogens (tertiary/aromatic N) is 4. The smallest absolute Gasteiger partial charge is 0.279 e. The molecule has 0 atom stereocenters. The van der Waals surface area contributed by atoms with E-state index >= 15 is 0 Å². The number of rotatable bonds is 2. The Morgan fingerprint density at radius 3 is 3.00 bits per heavy atom. The Labute approximate surface area is 113 Å². The normalized spacial score (nSPS) is 14.5. The van der Waals surface area contributed by atoms with E-state index in [-0.39, 0.29) is 5.69 Å². The van der Waals surface area contributed by atoms with E-state index in [9.17, 15) is 4.79 Å². The maximum atomic E-state index is 12.1. The summed E-state index contributed by atoms with van der Waals surface area (Å²) in [6.45, 7) is 1.27. The zero-order chi connectivity index (χ0) is 12.5. The van der Waals surface area contributed by atoms with Gasteiger partial charge in [-0.1, -0.05) is 0 Å². The summed E-state index contributed by atoms with van der Waals surface area (Å²) in [5.74, 6) is 0.911. The van der Waals surface area contributed by atoms with Gasteiger partial charge in [0.1, 0.15) is 5.82 Å². The number of aryl methyl sites for hydroxylation is 1. The van der Waals surface area contributed by atoms with Crippen molar-refractivity contribution in [3.63, 3.8) is 0 Å². The zero-order valence-electron chi connectivity index (χ0n) is 9.84. The topological polar surface area (TPSA) is 52.7 Å². The molecule has 3 heterocycles. The first-order valence-corrected chi connectivity index (χ1v) is 6.79. The summed E-state index contributed by atoms with van der Waals surface area (Å²) >= 11 is 3.38. The van der Waals surface area contributed by atoms with Gasteiger partial charge in [-0.2, -0.15) is 5.10 Å². The molecular formula is C12H13BrN4O. The second kappa shape index (κ2) is 4.68. The monoisotopic (exact) mass is 308 g/mol. The molecule has 94 valence electrons. The molecule has 18 heavy (non-hydrogen) atoms. The van der Waals surface area contributed by atoms with Crippen LogP contribution in [0.1, 0.15) is 24.2 Å². The summed E-state index contributed by atoms with van der Waals surface area (Å²) < 4.78 is 4.23. The summed E-state index contributed by atoms with van der Waals surface area (Å²) in [5, 5.41) is 4.40. The van der Waals surface area contributed by atoms with Crippen molar-refractivity contribution >= 4 is 15.9 Å². The first-order valence-electron chi connectivity index (χ1n) is 6.00. The maximum Gasteiger partial charge on any atom is 0.346 e. The molecule has 0 fully saturated rings. The van der Waals surface area contributed by atoms with Crippen molar-refractivity contribution in [2.45, 2.75) is 32.4 Å². The van der Waals surface area contributed by atoms with Crippen LogP contribution in [0.25, 0.3) is 0 Å². The molecule has 0 saturated carbocycles. The van der Waals surface area contributed by atoms with Crippen LogP contribution in [0.15, 0.2) is 27.7 Å². The molecule has 0 aliphatic carbocycles. The lowest BCUT2D eigenvalue weighted by molar-refractivity contribution is 0.511. The van der Waals surface area contributed by atoms with Crippen molar-refractivity contribution in [3.05, 3.63) is 44.8 Å². The largest absolute Gasteiger partial charge is 0.346 e. The van der Waals surface area contributed by atoms with E-state index in [1.807, 2.05) is 6.07 Å². The van der Waals surface area contributed by atoms with E-state index in [0.717, 1.165) is 41.7 Å². The van der Waals surface area contributed by atoms with Crippen molar-refractivity contribution in [1.82, 2.24) is 19.3 Å². The second-order valence-electron chi connectivity index (χ2n) is 4.48. The molecule has 6 heteroatoms. The fraction of sp³-hybridized carbons (Fsp3) is 0.417. The Balaban J connectivity index is 1.94. The van der Waals surface area contributed by atoms with Crippen molar-refractivity contribution < 1.29 is 0 Å². The minimum absolute atomic E-state index is 0.00956. The lowest BCUT2D eigenvalue weighted by Gasteiger charge is -2.09. The van der Waals surface area contributed by atoms with Gasteiger partial charge in [0.25, 0.3) is 0 Å². The third-order valence-corrected chi connectivity index (χ3v) is 3.56. The summed E-state index contributed by atoms with van der Waals surface area (Å²) in [6.07, 6.45) is 6.57. The zero-order valence-corrected chi connectivity index (χ0v) is 11.4.